The highest BCUT2D eigenvalue weighted by atomic mass is 16.2. The van der Waals surface area contributed by atoms with E-state index < -0.39 is 6.04 Å². The Morgan fingerprint density at radius 1 is 1.17 bits per heavy atom. The maximum Gasteiger partial charge on any atom is 0.223 e. The van der Waals surface area contributed by atoms with Crippen LogP contribution in [-0.4, -0.2) is 28.6 Å². The minimum atomic E-state index is -0.487. The number of ketones is 1. The summed E-state index contributed by atoms with van der Waals surface area (Å²) in [5.74, 6) is 0.383. The Balaban J connectivity index is 1.45. The fourth-order valence-corrected chi connectivity index (χ4v) is 3.90. The standard InChI is InChI=1S/C23H28N4O2/c1-15(21(28)9-4-16-2-5-18(6-3-16)22(24)25)27-23(29)20-8-7-19(14-20)17-10-12-26-13-11-17/h2-3,5-6,10-13,15,19-20H,4,7-9,14H2,1H3,(H3,24,25)(H,27,29)/t15-,19-,20+/m0/s1. The first-order valence-corrected chi connectivity index (χ1v) is 10.1. The number of carbonyl (C=O) groups excluding carboxylic acids is 2. The zero-order chi connectivity index (χ0) is 20.8. The third-order valence-corrected chi connectivity index (χ3v) is 5.75. The average Bonchev–Trinajstić information content (AvgIpc) is 3.23. The second kappa shape index (κ2) is 9.45. The molecule has 3 atom stereocenters. The summed E-state index contributed by atoms with van der Waals surface area (Å²) in [7, 11) is 0. The zero-order valence-corrected chi connectivity index (χ0v) is 16.7. The monoisotopic (exact) mass is 392 g/mol. The number of pyridine rings is 1. The van der Waals surface area contributed by atoms with Crippen molar-refractivity contribution in [2.75, 3.05) is 0 Å². The molecule has 1 fully saturated rings. The molecule has 0 radical (unpaired) electrons. The number of carbonyl (C=O) groups is 2. The number of aromatic nitrogens is 1. The zero-order valence-electron chi connectivity index (χ0n) is 16.7. The van der Waals surface area contributed by atoms with Crippen LogP contribution in [0.25, 0.3) is 0 Å². The van der Waals surface area contributed by atoms with E-state index in [2.05, 4.69) is 10.3 Å². The molecule has 6 heteroatoms. The Kier molecular flexibility index (Phi) is 6.75. The van der Waals surface area contributed by atoms with Gasteiger partial charge in [0.05, 0.1) is 6.04 Å². The molecule has 1 aliphatic rings. The van der Waals surface area contributed by atoms with E-state index in [0.717, 1.165) is 24.8 Å². The van der Waals surface area contributed by atoms with Crippen LogP contribution < -0.4 is 11.1 Å². The number of amides is 1. The van der Waals surface area contributed by atoms with Crippen LogP contribution in [0, 0.1) is 11.3 Å². The highest BCUT2D eigenvalue weighted by Gasteiger charge is 2.31. The second-order valence-corrected chi connectivity index (χ2v) is 7.79. The van der Waals surface area contributed by atoms with Gasteiger partial charge in [-0.25, -0.2) is 0 Å². The van der Waals surface area contributed by atoms with Gasteiger partial charge in [-0.05, 0) is 61.8 Å². The predicted octanol–water partition coefficient (Wildman–Crippen LogP) is 2.96. The molecule has 3 rings (SSSR count). The van der Waals surface area contributed by atoms with Crippen LogP contribution in [0.2, 0.25) is 0 Å². The molecule has 1 amide bonds. The first-order chi connectivity index (χ1) is 13.9. The minimum Gasteiger partial charge on any atom is -0.384 e. The van der Waals surface area contributed by atoms with E-state index >= 15 is 0 Å². The number of nitrogens with one attached hydrogen (secondary N) is 2. The summed E-state index contributed by atoms with van der Waals surface area (Å²) in [6.45, 7) is 1.76. The molecule has 1 saturated carbocycles. The molecule has 2 aromatic rings. The molecule has 29 heavy (non-hydrogen) atoms. The van der Waals surface area contributed by atoms with Gasteiger partial charge in [0.2, 0.25) is 5.91 Å². The molecule has 152 valence electrons. The van der Waals surface area contributed by atoms with Crippen molar-refractivity contribution in [3.63, 3.8) is 0 Å². The molecule has 1 heterocycles. The maximum atomic E-state index is 12.6. The van der Waals surface area contributed by atoms with Gasteiger partial charge in [0, 0.05) is 30.3 Å². The Morgan fingerprint density at radius 3 is 2.52 bits per heavy atom. The summed E-state index contributed by atoms with van der Waals surface area (Å²) in [4.78, 5) is 29.1. The number of nitrogens with zero attached hydrogens (tertiary/aromatic N) is 1. The largest absolute Gasteiger partial charge is 0.384 e. The van der Waals surface area contributed by atoms with E-state index in [1.54, 1.807) is 31.5 Å². The van der Waals surface area contributed by atoms with Gasteiger partial charge in [0.1, 0.15) is 5.84 Å². The lowest BCUT2D eigenvalue weighted by molar-refractivity contribution is -0.129. The van der Waals surface area contributed by atoms with E-state index in [-0.39, 0.29) is 23.4 Å². The average molecular weight is 393 g/mol. The molecule has 0 saturated heterocycles. The van der Waals surface area contributed by atoms with Gasteiger partial charge in [0.25, 0.3) is 0 Å². The number of amidine groups is 1. The number of hydrogen-bond donors (Lipinski definition) is 3. The third-order valence-electron chi connectivity index (χ3n) is 5.75. The van der Waals surface area contributed by atoms with E-state index in [4.69, 9.17) is 11.1 Å². The molecular formula is C23H28N4O2. The van der Waals surface area contributed by atoms with Crippen molar-refractivity contribution in [1.29, 1.82) is 5.41 Å². The Labute approximate surface area is 171 Å². The number of nitrogen functional groups attached to an aromatic ring is 1. The lowest BCUT2D eigenvalue weighted by Gasteiger charge is -2.17. The topological polar surface area (TPSA) is 109 Å². The van der Waals surface area contributed by atoms with Gasteiger partial charge in [0.15, 0.2) is 5.78 Å². The van der Waals surface area contributed by atoms with Crippen LogP contribution in [0.5, 0.6) is 0 Å². The fraction of sp³-hybridized carbons (Fsp3) is 0.391. The Bertz CT molecular complexity index is 864. The number of aryl methyl sites for hydroxylation is 1. The molecule has 1 aliphatic carbocycles. The molecule has 1 aromatic heterocycles. The van der Waals surface area contributed by atoms with Gasteiger partial charge in [-0.2, -0.15) is 0 Å². The van der Waals surface area contributed by atoms with E-state index in [1.165, 1.54) is 5.56 Å². The summed E-state index contributed by atoms with van der Waals surface area (Å²) in [5, 5.41) is 10.3. The number of benzene rings is 1. The van der Waals surface area contributed by atoms with E-state index in [9.17, 15) is 9.59 Å². The second-order valence-electron chi connectivity index (χ2n) is 7.79. The first-order valence-electron chi connectivity index (χ1n) is 10.1. The van der Waals surface area contributed by atoms with Crippen LogP contribution in [0.4, 0.5) is 0 Å². The van der Waals surface area contributed by atoms with Crippen LogP contribution in [-0.2, 0) is 16.0 Å². The van der Waals surface area contributed by atoms with Gasteiger partial charge in [-0.1, -0.05) is 24.3 Å². The summed E-state index contributed by atoms with van der Waals surface area (Å²) in [6.07, 6.45) is 7.20. The van der Waals surface area contributed by atoms with Crippen molar-refractivity contribution in [3.05, 3.63) is 65.5 Å². The summed E-state index contributed by atoms with van der Waals surface area (Å²) in [6, 6.07) is 10.9. The van der Waals surface area contributed by atoms with E-state index in [1.807, 2.05) is 24.3 Å². The Morgan fingerprint density at radius 2 is 1.86 bits per heavy atom. The van der Waals surface area contributed by atoms with Gasteiger partial charge < -0.3 is 11.1 Å². The molecule has 0 spiro atoms. The smallest absolute Gasteiger partial charge is 0.223 e. The van der Waals surface area contributed by atoms with Crippen molar-refractivity contribution >= 4 is 17.5 Å². The fourth-order valence-electron chi connectivity index (χ4n) is 3.90. The van der Waals surface area contributed by atoms with E-state index in [0.29, 0.717) is 24.3 Å². The van der Waals surface area contributed by atoms with Crippen LogP contribution >= 0.6 is 0 Å². The summed E-state index contributed by atoms with van der Waals surface area (Å²) < 4.78 is 0. The molecular weight excluding hydrogens is 364 g/mol. The minimum absolute atomic E-state index is 0.0202. The van der Waals surface area contributed by atoms with Gasteiger partial charge in [-0.15, -0.1) is 0 Å². The van der Waals surface area contributed by atoms with Crippen molar-refractivity contribution < 1.29 is 9.59 Å². The van der Waals surface area contributed by atoms with Gasteiger partial charge >= 0.3 is 0 Å². The molecule has 4 N–H and O–H groups in total. The summed E-state index contributed by atoms with van der Waals surface area (Å²) >= 11 is 0. The number of Topliss-reactive ketones (excluding diaryl/α,β-unsaturated/α-hetero) is 1. The van der Waals surface area contributed by atoms with Crippen LogP contribution in [0.1, 0.15) is 55.2 Å². The number of nitrogens with two attached hydrogens (primary N) is 1. The lowest BCUT2D eigenvalue weighted by atomic mass is 9.97. The van der Waals surface area contributed by atoms with Gasteiger partial charge in [-0.3, -0.25) is 20.0 Å². The summed E-state index contributed by atoms with van der Waals surface area (Å²) in [5.41, 5.74) is 8.36. The van der Waals surface area contributed by atoms with Crippen LogP contribution in [0.3, 0.4) is 0 Å². The quantitative estimate of drug-likeness (QED) is 0.474. The lowest BCUT2D eigenvalue weighted by Crippen LogP contribution is -2.41. The highest BCUT2D eigenvalue weighted by Crippen LogP contribution is 2.38. The predicted molar refractivity (Wildman–Crippen MR) is 113 cm³/mol. The highest BCUT2D eigenvalue weighted by molar-refractivity contribution is 5.95. The Hall–Kier alpha value is -3.02. The SMILES string of the molecule is C[C@H](NC(=O)[C@@H]1CC[C@H](c2ccncc2)C1)C(=O)CCc1ccc(C(=N)N)cc1. The maximum absolute atomic E-state index is 12.6. The van der Waals surface area contributed by atoms with Crippen molar-refractivity contribution in [3.8, 4) is 0 Å². The molecule has 6 nitrogen and oxygen atoms in total. The molecule has 0 bridgehead atoms. The van der Waals surface area contributed by atoms with Crippen molar-refractivity contribution in [1.82, 2.24) is 10.3 Å². The molecule has 0 unspecified atom stereocenters. The van der Waals surface area contributed by atoms with Crippen LogP contribution in [0.15, 0.2) is 48.8 Å². The van der Waals surface area contributed by atoms with Crippen molar-refractivity contribution in [2.45, 2.75) is 51.0 Å². The third kappa shape index (κ3) is 5.50. The number of hydrogen-bond acceptors (Lipinski definition) is 4. The van der Waals surface area contributed by atoms with Crippen molar-refractivity contribution in [2.24, 2.45) is 11.7 Å². The first kappa shape index (κ1) is 20.7. The normalized spacial score (nSPS) is 19.5. The molecule has 1 aromatic carbocycles. The molecule has 0 aliphatic heterocycles. The number of rotatable bonds is 8.